The maximum atomic E-state index is 13.0. The topological polar surface area (TPSA) is 82.5 Å². The van der Waals surface area contributed by atoms with E-state index in [0.29, 0.717) is 6.42 Å². The van der Waals surface area contributed by atoms with Gasteiger partial charge in [0.15, 0.2) is 0 Å². The Kier molecular flexibility index (Phi) is 5.03. The Balaban J connectivity index is 2.98. The van der Waals surface area contributed by atoms with E-state index >= 15 is 0 Å². The van der Waals surface area contributed by atoms with Crippen LogP contribution in [0, 0.1) is 11.7 Å². The van der Waals surface area contributed by atoms with Crippen LogP contribution in [0.2, 0.25) is 0 Å². The van der Waals surface area contributed by atoms with Gasteiger partial charge >= 0.3 is 5.97 Å². The minimum Gasteiger partial charge on any atom is -0.478 e. The number of hydrogen-bond donors (Lipinski definition) is 3. The lowest BCUT2D eigenvalue weighted by Gasteiger charge is -2.22. The predicted molar refractivity (Wildman–Crippen MR) is 65.1 cm³/mol. The van der Waals surface area contributed by atoms with Gasteiger partial charge in [-0.05, 0) is 18.4 Å². The number of hydrogen-bond acceptors (Lipinski definition) is 4. The first-order valence-corrected chi connectivity index (χ1v) is 5.72. The molecule has 1 heterocycles. The average Bonchev–Trinajstić information content (AvgIpc) is 2.30. The minimum absolute atomic E-state index is 0.0144. The van der Waals surface area contributed by atoms with Gasteiger partial charge in [-0.15, -0.1) is 0 Å². The molecule has 0 aromatic carbocycles. The Bertz CT molecular complexity index is 424. The number of rotatable bonds is 6. The fourth-order valence-corrected chi connectivity index (χ4v) is 1.60. The zero-order valence-corrected chi connectivity index (χ0v) is 10.4. The number of carboxylic acid groups (broad SMARTS) is 1. The Labute approximate surface area is 105 Å². The minimum atomic E-state index is -1.24. The molecular formula is C12H17FN2O3. The van der Waals surface area contributed by atoms with E-state index in [-0.39, 0.29) is 29.9 Å². The third kappa shape index (κ3) is 3.66. The molecule has 1 atom stereocenters. The summed E-state index contributed by atoms with van der Waals surface area (Å²) in [5.74, 6) is -1.63. The van der Waals surface area contributed by atoms with Crippen molar-refractivity contribution in [1.82, 2.24) is 4.98 Å². The summed E-state index contributed by atoms with van der Waals surface area (Å²) in [5.41, 5.74) is -0.210. The van der Waals surface area contributed by atoms with Crippen LogP contribution in [-0.2, 0) is 0 Å². The Morgan fingerprint density at radius 3 is 2.72 bits per heavy atom. The molecule has 1 aromatic rings. The number of halogens is 1. The molecule has 0 radical (unpaired) electrons. The molecule has 0 saturated heterocycles. The zero-order valence-electron chi connectivity index (χ0n) is 10.4. The highest BCUT2D eigenvalue weighted by Crippen LogP contribution is 2.18. The molecule has 0 spiro atoms. The average molecular weight is 256 g/mol. The Morgan fingerprint density at radius 1 is 1.56 bits per heavy atom. The molecule has 1 unspecified atom stereocenters. The first-order chi connectivity index (χ1) is 8.45. The van der Waals surface area contributed by atoms with E-state index in [1.165, 1.54) is 0 Å². The second kappa shape index (κ2) is 6.30. The molecule has 1 aromatic heterocycles. The monoisotopic (exact) mass is 256 g/mol. The number of carbonyl (C=O) groups is 1. The summed E-state index contributed by atoms with van der Waals surface area (Å²) >= 11 is 0. The number of nitrogens with zero attached hydrogens (tertiary/aromatic N) is 1. The van der Waals surface area contributed by atoms with E-state index in [9.17, 15) is 9.18 Å². The van der Waals surface area contributed by atoms with Gasteiger partial charge in [0.1, 0.15) is 17.2 Å². The largest absolute Gasteiger partial charge is 0.478 e. The molecule has 6 heteroatoms. The van der Waals surface area contributed by atoms with Crippen molar-refractivity contribution in [3.05, 3.63) is 23.6 Å². The van der Waals surface area contributed by atoms with E-state index < -0.39 is 11.8 Å². The van der Waals surface area contributed by atoms with E-state index in [2.05, 4.69) is 10.3 Å². The molecular weight excluding hydrogens is 239 g/mol. The molecule has 5 nitrogen and oxygen atoms in total. The SMILES string of the molecule is CC(C)C(CCO)Nc1ncc(F)cc1C(=O)O. The number of carboxylic acids is 1. The van der Waals surface area contributed by atoms with Crippen molar-refractivity contribution in [2.75, 3.05) is 11.9 Å². The molecule has 0 aliphatic heterocycles. The fraction of sp³-hybridized carbons (Fsp3) is 0.500. The number of aromatic carboxylic acids is 1. The van der Waals surface area contributed by atoms with Gasteiger partial charge < -0.3 is 15.5 Å². The predicted octanol–water partition coefficient (Wildman–Crippen LogP) is 1.74. The summed E-state index contributed by atoms with van der Waals surface area (Å²) in [5, 5.41) is 20.9. The summed E-state index contributed by atoms with van der Waals surface area (Å²) in [4.78, 5) is 14.7. The maximum absolute atomic E-state index is 13.0. The van der Waals surface area contributed by atoms with Gasteiger partial charge in [0.2, 0.25) is 0 Å². The number of aliphatic hydroxyl groups is 1. The lowest BCUT2D eigenvalue weighted by Crippen LogP contribution is -2.28. The number of anilines is 1. The third-order valence-electron chi connectivity index (χ3n) is 2.65. The van der Waals surface area contributed by atoms with Crippen molar-refractivity contribution in [2.45, 2.75) is 26.3 Å². The van der Waals surface area contributed by atoms with E-state index in [4.69, 9.17) is 10.2 Å². The molecule has 0 aliphatic rings. The van der Waals surface area contributed by atoms with Gasteiger partial charge in [-0.3, -0.25) is 0 Å². The van der Waals surface area contributed by atoms with Crippen molar-refractivity contribution >= 4 is 11.8 Å². The lowest BCUT2D eigenvalue weighted by atomic mass is 10.0. The molecule has 100 valence electrons. The Hall–Kier alpha value is -1.69. The highest BCUT2D eigenvalue weighted by Gasteiger charge is 2.18. The summed E-state index contributed by atoms with van der Waals surface area (Å²) in [7, 11) is 0. The van der Waals surface area contributed by atoms with Crippen LogP contribution in [0.1, 0.15) is 30.6 Å². The Morgan fingerprint density at radius 2 is 2.22 bits per heavy atom. The maximum Gasteiger partial charge on any atom is 0.339 e. The van der Waals surface area contributed by atoms with Crippen LogP contribution in [0.3, 0.4) is 0 Å². The van der Waals surface area contributed by atoms with Crippen LogP contribution in [0.5, 0.6) is 0 Å². The van der Waals surface area contributed by atoms with Gasteiger partial charge in [-0.1, -0.05) is 13.8 Å². The normalized spacial score (nSPS) is 12.5. The molecule has 0 fully saturated rings. The van der Waals surface area contributed by atoms with Crippen LogP contribution in [0.25, 0.3) is 0 Å². The van der Waals surface area contributed by atoms with Crippen LogP contribution < -0.4 is 5.32 Å². The van der Waals surface area contributed by atoms with E-state index in [1.54, 1.807) is 0 Å². The molecule has 18 heavy (non-hydrogen) atoms. The van der Waals surface area contributed by atoms with Crippen molar-refractivity contribution in [3.63, 3.8) is 0 Å². The molecule has 1 rings (SSSR count). The van der Waals surface area contributed by atoms with Crippen molar-refractivity contribution < 1.29 is 19.4 Å². The molecule has 0 bridgehead atoms. The number of nitrogens with one attached hydrogen (secondary N) is 1. The molecule has 3 N–H and O–H groups in total. The first-order valence-electron chi connectivity index (χ1n) is 5.72. The highest BCUT2D eigenvalue weighted by atomic mass is 19.1. The second-order valence-corrected chi connectivity index (χ2v) is 4.36. The molecule has 0 saturated carbocycles. The number of aromatic nitrogens is 1. The van der Waals surface area contributed by atoms with Crippen molar-refractivity contribution in [3.8, 4) is 0 Å². The molecule has 0 aliphatic carbocycles. The van der Waals surface area contributed by atoms with E-state index in [0.717, 1.165) is 12.3 Å². The zero-order chi connectivity index (χ0) is 13.7. The van der Waals surface area contributed by atoms with Crippen LogP contribution in [0.15, 0.2) is 12.3 Å². The van der Waals surface area contributed by atoms with Gasteiger partial charge in [0.05, 0.1) is 6.20 Å². The van der Waals surface area contributed by atoms with Gasteiger partial charge in [0.25, 0.3) is 0 Å². The van der Waals surface area contributed by atoms with E-state index in [1.807, 2.05) is 13.8 Å². The van der Waals surface area contributed by atoms with Crippen LogP contribution >= 0.6 is 0 Å². The first kappa shape index (κ1) is 14.4. The van der Waals surface area contributed by atoms with Crippen molar-refractivity contribution in [1.29, 1.82) is 0 Å². The lowest BCUT2D eigenvalue weighted by molar-refractivity contribution is 0.0697. The number of aliphatic hydroxyl groups excluding tert-OH is 1. The molecule has 0 amide bonds. The van der Waals surface area contributed by atoms with Gasteiger partial charge in [0, 0.05) is 12.6 Å². The fourth-order valence-electron chi connectivity index (χ4n) is 1.60. The highest BCUT2D eigenvalue weighted by molar-refractivity contribution is 5.93. The third-order valence-corrected chi connectivity index (χ3v) is 2.65. The van der Waals surface area contributed by atoms with Gasteiger partial charge in [-0.25, -0.2) is 14.2 Å². The summed E-state index contributed by atoms with van der Waals surface area (Å²) in [6.45, 7) is 3.87. The summed E-state index contributed by atoms with van der Waals surface area (Å²) in [6.07, 6.45) is 1.43. The summed E-state index contributed by atoms with van der Waals surface area (Å²) < 4.78 is 13.0. The van der Waals surface area contributed by atoms with Gasteiger partial charge in [-0.2, -0.15) is 0 Å². The number of pyridine rings is 1. The quantitative estimate of drug-likeness (QED) is 0.722. The standard InChI is InChI=1S/C12H17FN2O3/c1-7(2)10(3-4-16)15-11-9(12(17)18)5-8(13)6-14-11/h5-7,10,16H,3-4H2,1-2H3,(H,14,15)(H,17,18). The van der Waals surface area contributed by atoms with Crippen LogP contribution in [0.4, 0.5) is 10.2 Å². The summed E-state index contributed by atoms with van der Waals surface area (Å²) in [6, 6.07) is 0.805. The van der Waals surface area contributed by atoms with Crippen molar-refractivity contribution in [2.24, 2.45) is 5.92 Å². The van der Waals surface area contributed by atoms with Crippen LogP contribution in [-0.4, -0.2) is 33.8 Å². The smallest absolute Gasteiger partial charge is 0.339 e. The second-order valence-electron chi connectivity index (χ2n) is 4.36.